The van der Waals surface area contributed by atoms with Crippen LogP contribution in [0.25, 0.3) is 0 Å². The minimum absolute atomic E-state index is 0.0467. The Morgan fingerprint density at radius 1 is 1.29 bits per heavy atom. The lowest BCUT2D eigenvalue weighted by molar-refractivity contribution is -0.116. The van der Waals surface area contributed by atoms with Gasteiger partial charge >= 0.3 is 0 Å². The fraction of sp³-hybridized carbons (Fsp3) is 0.364. The first kappa shape index (κ1) is 11.1. The summed E-state index contributed by atoms with van der Waals surface area (Å²) >= 11 is 4.24. The molecule has 1 rings (SSSR count). The van der Waals surface area contributed by atoms with Crippen LogP contribution in [0.5, 0.6) is 0 Å². The van der Waals surface area contributed by atoms with Gasteiger partial charge in [-0.15, -0.1) is 0 Å². The quantitative estimate of drug-likeness (QED) is 0.736. The molecule has 0 bridgehead atoms. The number of carbonyl (C=O) groups excluding carboxylic acids is 1. The normalized spacial score (nSPS) is 12.6. The summed E-state index contributed by atoms with van der Waals surface area (Å²) in [7, 11) is 0. The highest BCUT2D eigenvalue weighted by atomic mass is 32.1. The van der Waals surface area contributed by atoms with Crippen LogP contribution in [0.4, 0.5) is 5.69 Å². The van der Waals surface area contributed by atoms with Gasteiger partial charge in [-0.3, -0.25) is 4.79 Å². The highest BCUT2D eigenvalue weighted by Crippen LogP contribution is 2.12. The van der Waals surface area contributed by atoms with Gasteiger partial charge in [-0.1, -0.05) is 32.0 Å². The third-order valence-electron chi connectivity index (χ3n) is 1.94. The molecule has 3 heteroatoms. The molecule has 0 aliphatic rings. The van der Waals surface area contributed by atoms with Gasteiger partial charge in [-0.25, -0.2) is 0 Å². The van der Waals surface area contributed by atoms with E-state index in [0.29, 0.717) is 0 Å². The number of thiol groups is 1. The predicted molar refractivity (Wildman–Crippen MR) is 62.7 cm³/mol. The van der Waals surface area contributed by atoms with Gasteiger partial charge < -0.3 is 5.32 Å². The molecule has 1 aromatic rings. The van der Waals surface area contributed by atoms with Gasteiger partial charge in [0.05, 0.1) is 5.25 Å². The van der Waals surface area contributed by atoms with Crippen molar-refractivity contribution in [2.45, 2.75) is 19.1 Å². The lowest BCUT2D eigenvalue weighted by atomic mass is 10.1. The predicted octanol–water partition coefficient (Wildman–Crippen LogP) is 2.58. The number of hydrogen-bond acceptors (Lipinski definition) is 2. The summed E-state index contributed by atoms with van der Waals surface area (Å²) in [6.07, 6.45) is 0. The highest BCUT2D eigenvalue weighted by Gasteiger charge is 2.17. The summed E-state index contributed by atoms with van der Waals surface area (Å²) < 4.78 is 0. The van der Waals surface area contributed by atoms with Gasteiger partial charge in [0.1, 0.15) is 0 Å². The van der Waals surface area contributed by atoms with E-state index in [-0.39, 0.29) is 17.1 Å². The fourth-order valence-corrected chi connectivity index (χ4v) is 1.10. The summed E-state index contributed by atoms with van der Waals surface area (Å²) in [5.74, 6) is 0.191. The monoisotopic (exact) mass is 209 g/mol. The Bertz CT molecular complexity index is 297. The zero-order chi connectivity index (χ0) is 10.6. The zero-order valence-electron chi connectivity index (χ0n) is 8.40. The molecule has 0 saturated carbocycles. The van der Waals surface area contributed by atoms with Gasteiger partial charge in [0, 0.05) is 5.69 Å². The Balaban J connectivity index is 2.58. The Morgan fingerprint density at radius 2 is 1.86 bits per heavy atom. The van der Waals surface area contributed by atoms with Crippen molar-refractivity contribution >= 4 is 24.2 Å². The average Bonchev–Trinajstić information content (AvgIpc) is 2.18. The van der Waals surface area contributed by atoms with Crippen molar-refractivity contribution in [3.8, 4) is 0 Å². The van der Waals surface area contributed by atoms with E-state index in [0.717, 1.165) is 5.69 Å². The number of nitrogens with one attached hydrogen (secondary N) is 1. The third-order valence-corrected chi connectivity index (χ3v) is 2.77. The van der Waals surface area contributed by atoms with Gasteiger partial charge in [0.15, 0.2) is 0 Å². The highest BCUT2D eigenvalue weighted by molar-refractivity contribution is 7.81. The van der Waals surface area contributed by atoms with E-state index < -0.39 is 0 Å². The van der Waals surface area contributed by atoms with Gasteiger partial charge in [-0.2, -0.15) is 12.6 Å². The molecular formula is C11H15NOS. The minimum Gasteiger partial charge on any atom is -0.325 e. The topological polar surface area (TPSA) is 29.1 Å². The summed E-state index contributed by atoms with van der Waals surface area (Å²) in [6.45, 7) is 3.95. The Hall–Kier alpha value is -0.960. The lowest BCUT2D eigenvalue weighted by Crippen LogP contribution is -2.27. The molecule has 0 fully saturated rings. The van der Waals surface area contributed by atoms with Crippen molar-refractivity contribution in [2.75, 3.05) is 5.32 Å². The second-order valence-corrected chi connectivity index (χ2v) is 4.10. The van der Waals surface area contributed by atoms with E-state index in [4.69, 9.17) is 0 Å². The second-order valence-electron chi connectivity index (χ2n) is 3.54. The maximum Gasteiger partial charge on any atom is 0.237 e. The Labute approximate surface area is 90.1 Å². The smallest absolute Gasteiger partial charge is 0.237 e. The van der Waals surface area contributed by atoms with Crippen molar-refractivity contribution in [3.05, 3.63) is 30.3 Å². The second kappa shape index (κ2) is 5.05. The molecule has 0 aromatic heterocycles. The van der Waals surface area contributed by atoms with Gasteiger partial charge in [-0.05, 0) is 18.1 Å². The van der Waals surface area contributed by atoms with Crippen molar-refractivity contribution in [3.63, 3.8) is 0 Å². The number of anilines is 1. The maximum absolute atomic E-state index is 11.6. The summed E-state index contributed by atoms with van der Waals surface area (Å²) in [4.78, 5) is 11.6. The van der Waals surface area contributed by atoms with E-state index in [9.17, 15) is 4.79 Å². The van der Waals surface area contributed by atoms with E-state index in [1.807, 2.05) is 44.2 Å². The molecule has 14 heavy (non-hydrogen) atoms. The molecule has 0 spiro atoms. The molecule has 2 nitrogen and oxygen atoms in total. The molecule has 0 aliphatic carbocycles. The van der Waals surface area contributed by atoms with Gasteiger partial charge in [0.2, 0.25) is 5.91 Å². The SMILES string of the molecule is CC(C)C(S)C(=O)Nc1ccccc1. The van der Waals surface area contributed by atoms with Crippen LogP contribution >= 0.6 is 12.6 Å². The molecule has 0 radical (unpaired) electrons. The van der Waals surface area contributed by atoms with Crippen LogP contribution in [0.15, 0.2) is 30.3 Å². The van der Waals surface area contributed by atoms with E-state index in [1.54, 1.807) is 0 Å². The van der Waals surface area contributed by atoms with Crippen LogP contribution in [0.3, 0.4) is 0 Å². The van der Waals surface area contributed by atoms with E-state index in [1.165, 1.54) is 0 Å². The third kappa shape index (κ3) is 3.07. The van der Waals surface area contributed by atoms with Crippen molar-refractivity contribution in [1.82, 2.24) is 0 Å². The van der Waals surface area contributed by atoms with Crippen LogP contribution in [0.1, 0.15) is 13.8 Å². The molecule has 0 heterocycles. The molecule has 1 amide bonds. The number of amides is 1. The molecule has 76 valence electrons. The van der Waals surface area contributed by atoms with Crippen molar-refractivity contribution < 1.29 is 4.79 Å². The molecular weight excluding hydrogens is 194 g/mol. The fourth-order valence-electron chi connectivity index (χ4n) is 1.04. The van der Waals surface area contributed by atoms with Crippen LogP contribution < -0.4 is 5.32 Å². The maximum atomic E-state index is 11.6. The summed E-state index contributed by atoms with van der Waals surface area (Å²) in [5.41, 5.74) is 0.817. The molecule has 1 N–H and O–H groups in total. The minimum atomic E-state index is -0.254. The molecule has 0 aliphatic heterocycles. The van der Waals surface area contributed by atoms with E-state index in [2.05, 4.69) is 17.9 Å². The number of rotatable bonds is 3. The first-order chi connectivity index (χ1) is 6.61. The molecule has 1 aromatic carbocycles. The summed E-state index contributed by atoms with van der Waals surface area (Å²) in [6, 6.07) is 9.41. The van der Waals surface area contributed by atoms with Crippen LogP contribution in [-0.2, 0) is 4.79 Å². The zero-order valence-corrected chi connectivity index (χ0v) is 9.29. The molecule has 1 atom stereocenters. The first-order valence-electron chi connectivity index (χ1n) is 4.65. The first-order valence-corrected chi connectivity index (χ1v) is 5.17. The molecule has 0 saturated heterocycles. The Morgan fingerprint density at radius 3 is 2.36 bits per heavy atom. The Kier molecular flexibility index (Phi) is 4.01. The van der Waals surface area contributed by atoms with Crippen molar-refractivity contribution in [2.24, 2.45) is 5.92 Å². The molecule has 1 unspecified atom stereocenters. The average molecular weight is 209 g/mol. The number of benzene rings is 1. The number of carbonyl (C=O) groups is 1. The van der Waals surface area contributed by atoms with Crippen LogP contribution in [0, 0.1) is 5.92 Å². The number of hydrogen-bond donors (Lipinski definition) is 2. The standard InChI is InChI=1S/C11H15NOS/c1-8(2)10(14)11(13)12-9-6-4-3-5-7-9/h3-8,10,14H,1-2H3,(H,12,13). The number of para-hydroxylation sites is 1. The van der Waals surface area contributed by atoms with Gasteiger partial charge in [0.25, 0.3) is 0 Å². The largest absolute Gasteiger partial charge is 0.325 e. The lowest BCUT2D eigenvalue weighted by Gasteiger charge is -2.14. The van der Waals surface area contributed by atoms with Crippen LogP contribution in [-0.4, -0.2) is 11.2 Å². The summed E-state index contributed by atoms with van der Waals surface area (Å²) in [5, 5.41) is 2.55. The van der Waals surface area contributed by atoms with Crippen molar-refractivity contribution in [1.29, 1.82) is 0 Å². The van der Waals surface area contributed by atoms with Crippen LogP contribution in [0.2, 0.25) is 0 Å². The van der Waals surface area contributed by atoms with E-state index >= 15 is 0 Å².